The van der Waals surface area contributed by atoms with Gasteiger partial charge in [-0.05, 0) is 148 Å². The summed E-state index contributed by atoms with van der Waals surface area (Å²) in [5.74, 6) is 1.34. The molecule has 0 amide bonds. The SMILES string of the molecule is c1ccc(-c2cc(-c3ccc(-c4ccccc4)c4cc(-c5cccc6c5-c5ccccc5C65c6ccccc6Sc6c(-c7nc(-c8ccccc8)cc(-c8ccc9c(c8)oc8ccccc89)n7)cccc65)ccc34)nc(-c3cccc4c3Sc3ccccc3C43c4ccccc4-c4ccccc43)n2)cc1. The number of para-hydroxylation sites is 1. The van der Waals surface area contributed by atoms with E-state index in [0.29, 0.717) is 11.6 Å². The molecule has 4 aliphatic rings. The van der Waals surface area contributed by atoms with E-state index in [1.807, 2.05) is 35.7 Å². The third-order valence-corrected chi connectivity index (χ3v) is 24.7. The number of hydrogen-bond acceptors (Lipinski definition) is 7. The van der Waals surface area contributed by atoms with Gasteiger partial charge in [-0.25, -0.2) is 19.9 Å². The molecule has 2 aliphatic carbocycles. The highest BCUT2D eigenvalue weighted by molar-refractivity contribution is 8.00. The van der Waals surface area contributed by atoms with Crippen LogP contribution < -0.4 is 0 Å². The molecule has 1 unspecified atom stereocenters. The van der Waals surface area contributed by atoms with Gasteiger partial charge < -0.3 is 4.42 Å². The lowest BCUT2D eigenvalue weighted by atomic mass is 9.67. The van der Waals surface area contributed by atoms with Crippen LogP contribution in [0.2, 0.25) is 0 Å². The van der Waals surface area contributed by atoms with Crippen molar-refractivity contribution in [2.24, 2.45) is 0 Å². The van der Waals surface area contributed by atoms with E-state index >= 15 is 0 Å². The monoisotopic (exact) mass is 1370 g/mol. The van der Waals surface area contributed by atoms with Gasteiger partial charge in [0.15, 0.2) is 11.6 Å². The number of aromatic nitrogens is 4. The summed E-state index contributed by atoms with van der Waals surface area (Å²) in [7, 11) is 0. The Hall–Kier alpha value is -12.8. The van der Waals surface area contributed by atoms with E-state index in [1.54, 1.807) is 0 Å². The van der Waals surface area contributed by atoms with Gasteiger partial charge >= 0.3 is 0 Å². The van der Waals surface area contributed by atoms with E-state index in [4.69, 9.17) is 24.4 Å². The standard InChI is InChI=1S/C98H58N4OS2/c1-4-25-59(26-5-1)64-53-54-69(87-58-85(61-29-8-3-9-30-61)100-96(102-87)74-37-23-44-82-93(74)104-90-47-20-17-41-79(90)97(82)76-38-14-10-31-67(76)68-32-11-15-39-77(68)97)66-51-49-62(55-75(64)66)65-35-22-43-81-92(65)72-34-12-16-40-78(72)98(81)80-42-18-21-48-91(80)105-94-73(36-24-45-83(94)98)95-99-84(60-27-6-2-7-28-60)57-86(101-95)63-50-52-71-70-33-13-19-46-88(70)103-89(71)56-63/h1-58H. The highest BCUT2D eigenvalue weighted by atomic mass is 32.2. The van der Waals surface area contributed by atoms with Crippen molar-refractivity contribution in [1.29, 1.82) is 0 Å². The first-order valence-electron chi connectivity index (χ1n) is 35.7. The van der Waals surface area contributed by atoms with Gasteiger partial charge in [0.05, 0.1) is 33.6 Å². The zero-order valence-electron chi connectivity index (χ0n) is 56.5. The third kappa shape index (κ3) is 8.86. The predicted molar refractivity (Wildman–Crippen MR) is 429 cm³/mol. The zero-order valence-corrected chi connectivity index (χ0v) is 58.1. The van der Waals surface area contributed by atoms with Crippen molar-refractivity contribution in [3.63, 3.8) is 0 Å². The van der Waals surface area contributed by atoms with Gasteiger partial charge in [0.2, 0.25) is 0 Å². The first kappa shape index (κ1) is 59.9. The first-order valence-corrected chi connectivity index (χ1v) is 37.4. The molecule has 7 heteroatoms. The fourth-order valence-corrected chi connectivity index (χ4v) is 20.5. The molecule has 0 bridgehead atoms. The quantitative estimate of drug-likeness (QED) is 0.150. The lowest BCUT2D eigenvalue weighted by Crippen LogP contribution is -2.32. The second kappa shape index (κ2) is 23.4. The van der Waals surface area contributed by atoms with Gasteiger partial charge in [0.1, 0.15) is 11.2 Å². The Bertz CT molecular complexity index is 6640. The number of fused-ring (bicyclic) bond motifs is 22. The van der Waals surface area contributed by atoms with Crippen molar-refractivity contribution in [1.82, 2.24) is 19.9 Å². The number of hydrogen-bond donors (Lipinski definition) is 0. The van der Waals surface area contributed by atoms with Crippen molar-refractivity contribution >= 4 is 56.2 Å². The van der Waals surface area contributed by atoms with Crippen LogP contribution in [-0.4, -0.2) is 19.9 Å². The lowest BCUT2D eigenvalue weighted by molar-refractivity contribution is 0.669. The molecule has 105 heavy (non-hydrogen) atoms. The minimum atomic E-state index is -0.714. The van der Waals surface area contributed by atoms with Crippen molar-refractivity contribution in [3.8, 4) is 112 Å². The van der Waals surface area contributed by atoms with Crippen LogP contribution >= 0.6 is 23.5 Å². The molecule has 488 valence electrons. The molecule has 0 N–H and O–H groups in total. The van der Waals surface area contributed by atoms with Gasteiger partial charge in [-0.15, -0.1) is 0 Å². The smallest absolute Gasteiger partial charge is 0.161 e. The Morgan fingerprint density at radius 2 is 0.638 bits per heavy atom. The molecule has 15 aromatic carbocycles. The highest BCUT2D eigenvalue weighted by Gasteiger charge is 2.53. The summed E-state index contributed by atoms with van der Waals surface area (Å²) in [5.41, 5.74) is 29.4. The van der Waals surface area contributed by atoms with E-state index in [1.165, 1.54) is 76.6 Å². The Labute approximate surface area is 615 Å². The molecule has 5 heterocycles. The van der Waals surface area contributed by atoms with E-state index in [9.17, 15) is 0 Å². The Kier molecular flexibility index (Phi) is 13.3. The predicted octanol–water partition coefficient (Wildman–Crippen LogP) is 25.3. The van der Waals surface area contributed by atoms with Crippen LogP contribution in [0.15, 0.2) is 376 Å². The topological polar surface area (TPSA) is 64.7 Å². The van der Waals surface area contributed by atoms with Crippen LogP contribution in [0.1, 0.15) is 44.5 Å². The van der Waals surface area contributed by atoms with Crippen molar-refractivity contribution in [3.05, 3.63) is 396 Å². The summed E-state index contributed by atoms with van der Waals surface area (Å²) in [6.45, 7) is 0. The fraction of sp³-hybridized carbons (Fsp3) is 0.0204. The molecule has 0 saturated carbocycles. The molecule has 0 radical (unpaired) electrons. The van der Waals surface area contributed by atoms with Crippen LogP contribution in [0.3, 0.4) is 0 Å². The maximum Gasteiger partial charge on any atom is 0.161 e. The molecule has 3 aromatic heterocycles. The van der Waals surface area contributed by atoms with Gasteiger partial charge in [0, 0.05) is 63.7 Å². The molecule has 0 saturated heterocycles. The van der Waals surface area contributed by atoms with E-state index < -0.39 is 10.8 Å². The van der Waals surface area contributed by atoms with E-state index in [2.05, 4.69) is 340 Å². The van der Waals surface area contributed by atoms with Crippen LogP contribution in [-0.2, 0) is 10.8 Å². The molecular weight excluding hydrogens is 1310 g/mol. The summed E-state index contributed by atoms with van der Waals surface area (Å²) in [5, 5.41) is 4.40. The van der Waals surface area contributed by atoms with E-state index in [-0.39, 0.29) is 0 Å². The maximum atomic E-state index is 6.49. The molecular formula is C98H58N4OS2. The summed E-state index contributed by atoms with van der Waals surface area (Å²) < 4.78 is 6.49. The van der Waals surface area contributed by atoms with Gasteiger partial charge in [0.25, 0.3) is 0 Å². The number of rotatable bonds is 8. The summed E-state index contributed by atoms with van der Waals surface area (Å²) in [6.07, 6.45) is 0. The van der Waals surface area contributed by atoms with Crippen LogP contribution in [0.4, 0.5) is 0 Å². The molecule has 0 fully saturated rings. The highest BCUT2D eigenvalue weighted by Crippen LogP contribution is 2.66. The Morgan fingerprint density at radius 1 is 0.219 bits per heavy atom. The summed E-state index contributed by atoms with van der Waals surface area (Å²) >= 11 is 3.65. The minimum absolute atomic E-state index is 0.553. The molecule has 5 nitrogen and oxygen atoms in total. The molecule has 2 aliphatic heterocycles. The average Bonchev–Trinajstić information content (AvgIpc) is 1.55. The van der Waals surface area contributed by atoms with Gasteiger partial charge in [-0.2, -0.15) is 0 Å². The molecule has 18 aromatic rings. The Balaban J connectivity index is 0.724. The third-order valence-electron chi connectivity index (χ3n) is 22.3. The number of nitrogens with zero attached hydrogens (tertiary/aromatic N) is 4. The van der Waals surface area contributed by atoms with Gasteiger partial charge in [-0.1, -0.05) is 327 Å². The molecule has 22 rings (SSSR count). The van der Waals surface area contributed by atoms with Crippen LogP contribution in [0.25, 0.3) is 145 Å². The van der Waals surface area contributed by atoms with E-state index in [0.717, 1.165) is 121 Å². The largest absolute Gasteiger partial charge is 0.456 e. The maximum absolute atomic E-state index is 6.49. The second-order valence-electron chi connectivity index (χ2n) is 27.7. The van der Waals surface area contributed by atoms with Gasteiger partial charge in [-0.3, -0.25) is 0 Å². The lowest BCUT2D eigenvalue weighted by Gasteiger charge is -2.40. The first-order chi connectivity index (χ1) is 52.0. The number of furan rings is 1. The summed E-state index contributed by atoms with van der Waals surface area (Å²) in [4.78, 5) is 27.2. The Morgan fingerprint density at radius 3 is 1.26 bits per heavy atom. The minimum Gasteiger partial charge on any atom is -0.456 e. The van der Waals surface area contributed by atoms with Crippen LogP contribution in [0.5, 0.6) is 0 Å². The molecule has 2 spiro atoms. The number of benzene rings is 15. The zero-order chi connectivity index (χ0) is 68.9. The second-order valence-corrected chi connectivity index (χ2v) is 29.8. The van der Waals surface area contributed by atoms with Crippen molar-refractivity contribution in [2.75, 3.05) is 0 Å². The van der Waals surface area contributed by atoms with Crippen molar-refractivity contribution < 1.29 is 4.42 Å². The van der Waals surface area contributed by atoms with Crippen molar-refractivity contribution in [2.45, 2.75) is 30.4 Å². The summed E-state index contributed by atoms with van der Waals surface area (Å²) in [6, 6.07) is 128. The normalized spacial score (nSPS) is 14.5. The fourth-order valence-electron chi connectivity index (χ4n) is 17.9. The average molecular weight is 1370 g/mol. The van der Waals surface area contributed by atoms with Crippen LogP contribution in [0, 0.1) is 0 Å². The molecule has 1 atom stereocenters.